The van der Waals surface area contributed by atoms with Crippen LogP contribution in [-0.2, 0) is 10.0 Å². The number of nitrogens with one attached hydrogen (secondary N) is 1. The van der Waals surface area contributed by atoms with Gasteiger partial charge >= 0.3 is 0 Å². The minimum Gasteiger partial charge on any atom is -0.368 e. The third kappa shape index (κ3) is 4.76. The summed E-state index contributed by atoms with van der Waals surface area (Å²) < 4.78 is 26.9. The Morgan fingerprint density at radius 1 is 1.03 bits per heavy atom. The second kappa shape index (κ2) is 8.76. The van der Waals surface area contributed by atoms with Crippen LogP contribution in [-0.4, -0.2) is 91.2 Å². The first-order valence-corrected chi connectivity index (χ1v) is 11.9. The number of pyridine rings is 1. The molecular formula is C19H29N7O2S. The van der Waals surface area contributed by atoms with E-state index in [1.807, 2.05) is 6.07 Å². The van der Waals surface area contributed by atoms with Crippen molar-refractivity contribution in [1.82, 2.24) is 24.2 Å². The molecule has 2 aromatic heterocycles. The lowest BCUT2D eigenvalue weighted by Gasteiger charge is -2.32. The van der Waals surface area contributed by atoms with Gasteiger partial charge in [0.2, 0.25) is 16.0 Å². The van der Waals surface area contributed by atoms with E-state index >= 15 is 0 Å². The highest BCUT2D eigenvalue weighted by Gasteiger charge is 2.24. The molecule has 0 saturated carbocycles. The topological polar surface area (TPSA) is 94.6 Å². The van der Waals surface area contributed by atoms with Gasteiger partial charge in [-0.25, -0.2) is 17.7 Å². The zero-order valence-electron chi connectivity index (χ0n) is 16.9. The molecule has 10 heteroatoms. The molecule has 4 rings (SSSR count). The summed E-state index contributed by atoms with van der Waals surface area (Å²) in [6, 6.07) is 1.87. The molecule has 0 unspecified atom stereocenters. The van der Waals surface area contributed by atoms with Crippen molar-refractivity contribution in [3.8, 4) is 0 Å². The van der Waals surface area contributed by atoms with Gasteiger partial charge in [-0.3, -0.25) is 4.98 Å². The van der Waals surface area contributed by atoms with Gasteiger partial charge in [-0.2, -0.15) is 4.98 Å². The first-order valence-electron chi connectivity index (χ1n) is 10.3. The molecule has 0 atom stereocenters. The van der Waals surface area contributed by atoms with Crippen LogP contribution >= 0.6 is 0 Å². The van der Waals surface area contributed by atoms with Crippen molar-refractivity contribution in [1.29, 1.82) is 0 Å². The monoisotopic (exact) mass is 419 g/mol. The van der Waals surface area contributed by atoms with Gasteiger partial charge in [-0.1, -0.05) is 6.42 Å². The lowest BCUT2D eigenvalue weighted by Crippen LogP contribution is -2.45. The quantitative estimate of drug-likeness (QED) is 0.741. The molecule has 2 aliphatic rings. The molecule has 0 radical (unpaired) electrons. The molecule has 1 N–H and O–H groups in total. The molecule has 0 aliphatic carbocycles. The smallest absolute Gasteiger partial charge is 0.228 e. The van der Waals surface area contributed by atoms with Crippen molar-refractivity contribution < 1.29 is 8.42 Å². The Labute approximate surface area is 172 Å². The summed E-state index contributed by atoms with van der Waals surface area (Å²) >= 11 is 0. The molecule has 2 saturated heterocycles. The van der Waals surface area contributed by atoms with E-state index in [0.29, 0.717) is 31.4 Å². The lowest BCUT2D eigenvalue weighted by atomic mass is 10.2. The Balaban J connectivity index is 1.50. The highest BCUT2D eigenvalue weighted by molar-refractivity contribution is 7.89. The Kier molecular flexibility index (Phi) is 6.12. The molecule has 29 heavy (non-hydrogen) atoms. The molecule has 2 fully saturated rings. The fraction of sp³-hybridized carbons (Fsp3) is 0.632. The van der Waals surface area contributed by atoms with Crippen molar-refractivity contribution in [3.05, 3.63) is 18.5 Å². The zero-order valence-corrected chi connectivity index (χ0v) is 17.7. The van der Waals surface area contributed by atoms with E-state index in [1.54, 1.807) is 16.7 Å². The normalized spacial score (nSPS) is 19.6. The van der Waals surface area contributed by atoms with E-state index < -0.39 is 10.0 Å². The number of sulfonamides is 1. The fourth-order valence-electron chi connectivity index (χ4n) is 3.82. The molecule has 0 spiro atoms. The Morgan fingerprint density at radius 2 is 1.79 bits per heavy atom. The van der Waals surface area contributed by atoms with E-state index in [2.05, 4.69) is 32.1 Å². The summed E-state index contributed by atoms with van der Waals surface area (Å²) in [5.41, 5.74) is 0.762. The second-order valence-electron chi connectivity index (χ2n) is 7.76. The SMILES string of the molecule is CN1CCN(c2nc(NCCS(=O)(=O)N3CCCCC3)c3ccncc3n2)CC1. The van der Waals surface area contributed by atoms with Crippen molar-refractivity contribution in [2.24, 2.45) is 0 Å². The van der Waals surface area contributed by atoms with Crippen LogP contribution in [0.4, 0.5) is 11.8 Å². The maximum Gasteiger partial charge on any atom is 0.228 e. The van der Waals surface area contributed by atoms with Crippen LogP contribution in [0.3, 0.4) is 0 Å². The van der Waals surface area contributed by atoms with E-state index in [9.17, 15) is 8.42 Å². The zero-order chi connectivity index (χ0) is 20.3. The van der Waals surface area contributed by atoms with Crippen LogP contribution in [0.25, 0.3) is 10.9 Å². The second-order valence-corrected chi connectivity index (χ2v) is 9.85. The Bertz CT molecular complexity index is 939. The number of hydrogen-bond donors (Lipinski definition) is 1. The Morgan fingerprint density at radius 3 is 2.55 bits per heavy atom. The van der Waals surface area contributed by atoms with Gasteiger partial charge in [0.15, 0.2) is 0 Å². The summed E-state index contributed by atoms with van der Waals surface area (Å²) in [6.45, 7) is 5.25. The van der Waals surface area contributed by atoms with E-state index in [0.717, 1.165) is 56.3 Å². The number of piperazine rings is 1. The van der Waals surface area contributed by atoms with Crippen molar-refractivity contribution in [3.63, 3.8) is 0 Å². The molecular weight excluding hydrogens is 390 g/mol. The number of hydrogen-bond acceptors (Lipinski definition) is 8. The largest absolute Gasteiger partial charge is 0.368 e. The molecule has 0 bridgehead atoms. The average molecular weight is 420 g/mol. The first-order chi connectivity index (χ1) is 14.0. The van der Waals surface area contributed by atoms with Gasteiger partial charge in [0.1, 0.15) is 5.82 Å². The maximum atomic E-state index is 12.6. The fourth-order valence-corrected chi connectivity index (χ4v) is 5.25. The van der Waals surface area contributed by atoms with Crippen LogP contribution in [0, 0.1) is 0 Å². The highest BCUT2D eigenvalue weighted by Crippen LogP contribution is 2.23. The van der Waals surface area contributed by atoms with Crippen LogP contribution < -0.4 is 10.2 Å². The number of nitrogens with zero attached hydrogens (tertiary/aromatic N) is 6. The molecule has 158 valence electrons. The maximum absolute atomic E-state index is 12.6. The average Bonchev–Trinajstić information content (AvgIpc) is 2.74. The molecule has 2 aliphatic heterocycles. The number of aromatic nitrogens is 3. The van der Waals surface area contributed by atoms with Gasteiger partial charge in [0, 0.05) is 57.4 Å². The van der Waals surface area contributed by atoms with Crippen LogP contribution in [0.1, 0.15) is 19.3 Å². The number of rotatable bonds is 6. The minimum atomic E-state index is -3.24. The number of anilines is 2. The van der Waals surface area contributed by atoms with Crippen LogP contribution in [0.15, 0.2) is 18.5 Å². The van der Waals surface area contributed by atoms with E-state index in [1.165, 1.54) is 0 Å². The van der Waals surface area contributed by atoms with Gasteiger partial charge in [-0.15, -0.1) is 0 Å². The molecule has 9 nitrogen and oxygen atoms in total. The van der Waals surface area contributed by atoms with Gasteiger partial charge in [0.05, 0.1) is 17.5 Å². The highest BCUT2D eigenvalue weighted by atomic mass is 32.2. The van der Waals surface area contributed by atoms with Crippen molar-refractivity contribution >= 4 is 32.7 Å². The van der Waals surface area contributed by atoms with Gasteiger partial charge in [0.25, 0.3) is 0 Å². The Hall–Kier alpha value is -2.04. The first kappa shape index (κ1) is 20.2. The summed E-state index contributed by atoms with van der Waals surface area (Å²) in [7, 11) is -1.13. The molecule has 0 amide bonds. The van der Waals surface area contributed by atoms with Crippen molar-refractivity contribution in [2.75, 3.05) is 68.8 Å². The number of fused-ring (bicyclic) bond motifs is 1. The lowest BCUT2D eigenvalue weighted by molar-refractivity contribution is 0.311. The standard InChI is InChI=1S/C19H29N7O2S/c1-24-10-12-25(13-11-24)19-22-17-15-20-6-5-16(17)18(23-19)21-7-14-29(27,28)26-8-3-2-4-9-26/h5-6,15H,2-4,7-14H2,1H3,(H,21,22,23). The van der Waals surface area contributed by atoms with Gasteiger partial charge in [-0.05, 0) is 26.0 Å². The molecule has 0 aromatic carbocycles. The predicted molar refractivity (Wildman–Crippen MR) is 115 cm³/mol. The summed E-state index contributed by atoms with van der Waals surface area (Å²) in [5.74, 6) is 1.40. The van der Waals surface area contributed by atoms with E-state index in [4.69, 9.17) is 4.98 Å². The van der Waals surface area contributed by atoms with Gasteiger partial charge < -0.3 is 15.1 Å². The van der Waals surface area contributed by atoms with E-state index in [-0.39, 0.29) is 5.75 Å². The molecule has 4 heterocycles. The number of piperidine rings is 1. The van der Waals surface area contributed by atoms with Crippen molar-refractivity contribution in [2.45, 2.75) is 19.3 Å². The third-order valence-corrected chi connectivity index (χ3v) is 7.51. The summed E-state index contributed by atoms with van der Waals surface area (Å²) in [4.78, 5) is 18.0. The number of likely N-dealkylation sites (N-methyl/N-ethyl adjacent to an activating group) is 1. The third-order valence-electron chi connectivity index (χ3n) is 5.63. The summed E-state index contributed by atoms with van der Waals surface area (Å²) in [5, 5.41) is 4.10. The molecule has 2 aromatic rings. The van der Waals surface area contributed by atoms with Crippen LogP contribution in [0.2, 0.25) is 0 Å². The predicted octanol–water partition coefficient (Wildman–Crippen LogP) is 1.00. The minimum absolute atomic E-state index is 0.0629. The van der Waals surface area contributed by atoms with Crippen LogP contribution in [0.5, 0.6) is 0 Å². The summed E-state index contributed by atoms with van der Waals surface area (Å²) in [6.07, 6.45) is 6.44.